The highest BCUT2D eigenvalue weighted by atomic mass is 32.1. The number of thiophene rings is 1. The molecule has 1 heterocycles. The highest BCUT2D eigenvalue weighted by molar-refractivity contribution is 7.09. The molecule has 0 spiro atoms. The molecule has 0 unspecified atom stereocenters. The maximum atomic E-state index is 5.77. The smallest absolute Gasteiger partial charge is 0.122 e. The second-order valence-electron chi connectivity index (χ2n) is 4.70. The van der Waals surface area contributed by atoms with E-state index in [9.17, 15) is 0 Å². The van der Waals surface area contributed by atoms with Crippen molar-refractivity contribution in [2.45, 2.75) is 20.3 Å². The van der Waals surface area contributed by atoms with Gasteiger partial charge in [0.25, 0.3) is 0 Å². The first-order chi connectivity index (χ1) is 9.25. The third kappa shape index (κ3) is 4.69. The van der Waals surface area contributed by atoms with Gasteiger partial charge in [-0.1, -0.05) is 23.8 Å². The highest BCUT2D eigenvalue weighted by Gasteiger charge is 1.99. The van der Waals surface area contributed by atoms with E-state index in [1.807, 2.05) is 11.3 Å². The topological polar surface area (TPSA) is 21.3 Å². The number of aryl methyl sites for hydroxylation is 2. The third-order valence-electron chi connectivity index (χ3n) is 3.00. The second-order valence-corrected chi connectivity index (χ2v) is 5.73. The Kier molecular flexibility index (Phi) is 5.43. The van der Waals surface area contributed by atoms with Crippen LogP contribution in [0.1, 0.15) is 16.0 Å². The molecule has 2 aromatic rings. The zero-order chi connectivity index (χ0) is 13.5. The number of ether oxygens (including phenoxy) is 1. The largest absolute Gasteiger partial charge is 0.492 e. The van der Waals surface area contributed by atoms with Gasteiger partial charge in [-0.05, 0) is 43.3 Å². The van der Waals surface area contributed by atoms with Gasteiger partial charge in [0, 0.05) is 18.0 Å². The maximum Gasteiger partial charge on any atom is 0.122 e. The Morgan fingerprint density at radius 3 is 2.79 bits per heavy atom. The van der Waals surface area contributed by atoms with E-state index in [-0.39, 0.29) is 0 Å². The van der Waals surface area contributed by atoms with Crippen molar-refractivity contribution in [2.24, 2.45) is 0 Å². The van der Waals surface area contributed by atoms with Crippen molar-refractivity contribution in [1.29, 1.82) is 0 Å². The van der Waals surface area contributed by atoms with Crippen LogP contribution in [-0.4, -0.2) is 19.7 Å². The number of hydrogen-bond acceptors (Lipinski definition) is 3. The number of hydrogen-bond donors (Lipinski definition) is 1. The normalized spacial score (nSPS) is 10.6. The summed E-state index contributed by atoms with van der Waals surface area (Å²) in [6, 6.07) is 10.6. The third-order valence-corrected chi connectivity index (χ3v) is 3.93. The monoisotopic (exact) mass is 275 g/mol. The van der Waals surface area contributed by atoms with Crippen LogP contribution < -0.4 is 10.1 Å². The van der Waals surface area contributed by atoms with Gasteiger partial charge in [0.2, 0.25) is 0 Å². The Bertz CT molecular complexity index is 493. The molecule has 0 saturated carbocycles. The first kappa shape index (κ1) is 14.1. The molecule has 0 aliphatic heterocycles. The molecule has 0 radical (unpaired) electrons. The Balaban J connectivity index is 1.61. The van der Waals surface area contributed by atoms with Crippen LogP contribution in [0, 0.1) is 13.8 Å². The van der Waals surface area contributed by atoms with E-state index < -0.39 is 0 Å². The molecule has 2 rings (SSSR count). The fourth-order valence-corrected chi connectivity index (χ4v) is 2.69. The van der Waals surface area contributed by atoms with Crippen LogP contribution in [0.5, 0.6) is 5.75 Å². The lowest BCUT2D eigenvalue weighted by Gasteiger charge is -2.10. The summed E-state index contributed by atoms with van der Waals surface area (Å²) in [5.41, 5.74) is 2.48. The van der Waals surface area contributed by atoms with E-state index in [1.165, 1.54) is 16.0 Å². The summed E-state index contributed by atoms with van der Waals surface area (Å²) >= 11 is 1.82. The lowest BCUT2D eigenvalue weighted by Crippen LogP contribution is -2.23. The van der Waals surface area contributed by atoms with Gasteiger partial charge in [-0.25, -0.2) is 0 Å². The molecule has 0 fully saturated rings. The van der Waals surface area contributed by atoms with Crippen LogP contribution in [0.2, 0.25) is 0 Å². The van der Waals surface area contributed by atoms with Crippen LogP contribution in [0.25, 0.3) is 0 Å². The van der Waals surface area contributed by atoms with E-state index in [1.54, 1.807) is 0 Å². The van der Waals surface area contributed by atoms with Gasteiger partial charge < -0.3 is 10.1 Å². The molecule has 0 aliphatic carbocycles. The molecule has 1 aromatic heterocycles. The fourth-order valence-electron chi connectivity index (χ4n) is 1.99. The predicted octanol–water partition coefficient (Wildman–Crippen LogP) is 3.58. The van der Waals surface area contributed by atoms with Crippen molar-refractivity contribution in [2.75, 3.05) is 19.7 Å². The zero-order valence-electron chi connectivity index (χ0n) is 11.6. The number of benzene rings is 1. The summed E-state index contributed by atoms with van der Waals surface area (Å²) in [5.74, 6) is 0.991. The van der Waals surface area contributed by atoms with Gasteiger partial charge in [-0.3, -0.25) is 0 Å². The van der Waals surface area contributed by atoms with Gasteiger partial charge in [0.1, 0.15) is 12.4 Å². The van der Waals surface area contributed by atoms with Gasteiger partial charge in [-0.15, -0.1) is 11.3 Å². The number of nitrogens with one attached hydrogen (secondary N) is 1. The summed E-state index contributed by atoms with van der Waals surface area (Å²) in [4.78, 5) is 1.43. The van der Waals surface area contributed by atoms with Crippen molar-refractivity contribution in [3.05, 3.63) is 51.7 Å². The van der Waals surface area contributed by atoms with Crippen LogP contribution in [0.3, 0.4) is 0 Å². The average Bonchev–Trinajstić information content (AvgIpc) is 2.89. The summed E-state index contributed by atoms with van der Waals surface area (Å²) < 4.78 is 5.77. The van der Waals surface area contributed by atoms with E-state index >= 15 is 0 Å². The Morgan fingerprint density at radius 1 is 1.16 bits per heavy atom. The Labute approximate surface area is 119 Å². The van der Waals surface area contributed by atoms with Gasteiger partial charge in [0.05, 0.1) is 0 Å². The SMILES string of the molecule is Cc1ccc(OCCNCCc2cccs2)c(C)c1. The minimum Gasteiger partial charge on any atom is -0.492 e. The average molecular weight is 275 g/mol. The lowest BCUT2D eigenvalue weighted by atomic mass is 10.1. The molecule has 2 nitrogen and oxygen atoms in total. The van der Waals surface area contributed by atoms with E-state index in [0.29, 0.717) is 6.61 Å². The molecule has 0 saturated heterocycles. The predicted molar refractivity (Wildman–Crippen MR) is 82.3 cm³/mol. The fraction of sp³-hybridized carbons (Fsp3) is 0.375. The molecule has 0 aliphatic rings. The molecule has 102 valence electrons. The van der Waals surface area contributed by atoms with Gasteiger partial charge in [-0.2, -0.15) is 0 Å². The van der Waals surface area contributed by atoms with Crippen LogP contribution >= 0.6 is 11.3 Å². The lowest BCUT2D eigenvalue weighted by molar-refractivity contribution is 0.312. The maximum absolute atomic E-state index is 5.77. The molecule has 0 amide bonds. The quantitative estimate of drug-likeness (QED) is 0.780. The molecule has 1 N–H and O–H groups in total. The van der Waals surface area contributed by atoms with E-state index in [2.05, 4.69) is 54.9 Å². The second kappa shape index (κ2) is 7.31. The summed E-state index contributed by atoms with van der Waals surface area (Å²) in [5, 5.41) is 5.53. The first-order valence-electron chi connectivity index (χ1n) is 6.69. The molecule has 19 heavy (non-hydrogen) atoms. The van der Waals surface area contributed by atoms with Crippen LogP contribution in [-0.2, 0) is 6.42 Å². The van der Waals surface area contributed by atoms with Crippen molar-refractivity contribution < 1.29 is 4.74 Å². The van der Waals surface area contributed by atoms with Crippen molar-refractivity contribution in [3.63, 3.8) is 0 Å². The van der Waals surface area contributed by atoms with Crippen LogP contribution in [0.15, 0.2) is 35.7 Å². The molecule has 0 atom stereocenters. The zero-order valence-corrected chi connectivity index (χ0v) is 12.4. The van der Waals surface area contributed by atoms with Crippen molar-refractivity contribution in [1.82, 2.24) is 5.32 Å². The van der Waals surface area contributed by atoms with Crippen molar-refractivity contribution >= 4 is 11.3 Å². The Hall–Kier alpha value is -1.32. The molecule has 3 heteroatoms. The summed E-state index contributed by atoms with van der Waals surface area (Å²) in [6.45, 7) is 6.80. The minimum atomic E-state index is 0.717. The minimum absolute atomic E-state index is 0.717. The van der Waals surface area contributed by atoms with Crippen LogP contribution in [0.4, 0.5) is 0 Å². The standard InChI is InChI=1S/C16H21NOS/c1-13-5-6-16(14(2)12-13)18-10-9-17-8-7-15-4-3-11-19-15/h3-6,11-12,17H,7-10H2,1-2H3. The van der Waals surface area contributed by atoms with Gasteiger partial charge >= 0.3 is 0 Å². The first-order valence-corrected chi connectivity index (χ1v) is 7.57. The van der Waals surface area contributed by atoms with E-state index in [0.717, 1.165) is 25.3 Å². The van der Waals surface area contributed by atoms with Crippen molar-refractivity contribution in [3.8, 4) is 5.75 Å². The highest BCUT2D eigenvalue weighted by Crippen LogP contribution is 2.18. The molecule has 1 aromatic carbocycles. The Morgan fingerprint density at radius 2 is 2.05 bits per heavy atom. The van der Waals surface area contributed by atoms with E-state index in [4.69, 9.17) is 4.74 Å². The summed E-state index contributed by atoms with van der Waals surface area (Å²) in [7, 11) is 0. The van der Waals surface area contributed by atoms with Gasteiger partial charge in [0.15, 0.2) is 0 Å². The molecular weight excluding hydrogens is 254 g/mol. The molecular formula is C16H21NOS. The summed E-state index contributed by atoms with van der Waals surface area (Å²) in [6.07, 6.45) is 1.10. The molecule has 0 bridgehead atoms. The number of rotatable bonds is 7.